The van der Waals surface area contributed by atoms with Crippen molar-refractivity contribution in [3.05, 3.63) is 82.7 Å². The van der Waals surface area contributed by atoms with Crippen LogP contribution in [-0.4, -0.2) is 18.0 Å². The van der Waals surface area contributed by atoms with Crippen molar-refractivity contribution in [3.8, 4) is 16.9 Å². The number of hydrogen-bond acceptors (Lipinski definition) is 5. The van der Waals surface area contributed by atoms with E-state index in [1.54, 1.807) is 24.3 Å². The molecule has 2 heterocycles. The molecule has 4 rings (SSSR count). The van der Waals surface area contributed by atoms with Gasteiger partial charge in [0.05, 0.1) is 10.6 Å². The predicted octanol–water partition coefficient (Wildman–Crippen LogP) is 4.62. The zero-order chi connectivity index (χ0) is 22.2. The van der Waals surface area contributed by atoms with E-state index in [1.807, 2.05) is 23.8 Å². The Bertz CT molecular complexity index is 1330. The van der Waals surface area contributed by atoms with Crippen LogP contribution in [0.25, 0.3) is 16.9 Å². The fourth-order valence-corrected chi connectivity index (χ4v) is 4.69. The smallest absolute Gasteiger partial charge is 0.238 e. The summed E-state index contributed by atoms with van der Waals surface area (Å²) in [6.45, 7) is 4.55. The Kier molecular flexibility index (Phi) is 5.65. The number of halogens is 1. The number of nitrogens with two attached hydrogens (primary N) is 1. The lowest BCUT2D eigenvalue weighted by atomic mass is 10.2. The standard InChI is InChI=1S/C22H21FN4O2S2/c1-14-11-20(15(2)27(14)18-7-9-19(10-8-18)31(24,28)29)21-13-30-22(26-21)25-12-16-3-5-17(23)6-4-16/h3-11,13H,12H2,1-2H3,(H,25,26)(H2,24,28,29). The molecule has 3 N–H and O–H groups in total. The summed E-state index contributed by atoms with van der Waals surface area (Å²) in [5.74, 6) is -0.255. The molecule has 4 aromatic rings. The first-order valence-corrected chi connectivity index (χ1v) is 11.9. The van der Waals surface area contributed by atoms with Crippen LogP contribution in [0.2, 0.25) is 0 Å². The second-order valence-electron chi connectivity index (χ2n) is 7.18. The van der Waals surface area contributed by atoms with Gasteiger partial charge in [-0.1, -0.05) is 12.1 Å². The minimum absolute atomic E-state index is 0.0790. The number of rotatable bonds is 6. The SMILES string of the molecule is Cc1cc(-c2csc(NCc3ccc(F)cc3)n2)c(C)n1-c1ccc(S(N)(=O)=O)cc1. The van der Waals surface area contributed by atoms with Crippen molar-refractivity contribution in [1.82, 2.24) is 9.55 Å². The Morgan fingerprint density at radius 1 is 1.10 bits per heavy atom. The molecule has 0 saturated carbocycles. The largest absolute Gasteiger partial charge is 0.357 e. The lowest BCUT2D eigenvalue weighted by Gasteiger charge is -2.10. The van der Waals surface area contributed by atoms with Crippen LogP contribution in [0.3, 0.4) is 0 Å². The number of anilines is 1. The maximum atomic E-state index is 13.0. The minimum atomic E-state index is -3.73. The van der Waals surface area contributed by atoms with E-state index in [-0.39, 0.29) is 10.7 Å². The van der Waals surface area contributed by atoms with E-state index in [0.717, 1.165) is 39.0 Å². The number of hydrogen-bond donors (Lipinski definition) is 2. The summed E-state index contributed by atoms with van der Waals surface area (Å²) in [5, 5.41) is 11.2. The Morgan fingerprint density at radius 3 is 2.42 bits per heavy atom. The third-order valence-electron chi connectivity index (χ3n) is 4.99. The minimum Gasteiger partial charge on any atom is -0.357 e. The first-order valence-electron chi connectivity index (χ1n) is 9.49. The van der Waals surface area contributed by atoms with E-state index in [1.165, 1.54) is 35.6 Å². The van der Waals surface area contributed by atoms with Crippen LogP contribution < -0.4 is 10.5 Å². The summed E-state index contributed by atoms with van der Waals surface area (Å²) in [5.41, 5.74) is 5.67. The summed E-state index contributed by atoms with van der Waals surface area (Å²) in [4.78, 5) is 4.77. The van der Waals surface area contributed by atoms with Crippen molar-refractivity contribution in [1.29, 1.82) is 0 Å². The van der Waals surface area contributed by atoms with Gasteiger partial charge in [0.25, 0.3) is 0 Å². The highest BCUT2D eigenvalue weighted by Gasteiger charge is 2.16. The van der Waals surface area contributed by atoms with Crippen molar-refractivity contribution < 1.29 is 12.8 Å². The molecule has 0 aliphatic carbocycles. The Labute approximate surface area is 184 Å². The van der Waals surface area contributed by atoms with E-state index < -0.39 is 10.0 Å². The predicted molar refractivity (Wildman–Crippen MR) is 121 cm³/mol. The molecule has 0 spiro atoms. The fraction of sp³-hybridized carbons (Fsp3) is 0.136. The molecule has 2 aromatic carbocycles. The highest BCUT2D eigenvalue weighted by Crippen LogP contribution is 2.32. The zero-order valence-corrected chi connectivity index (χ0v) is 18.6. The third kappa shape index (κ3) is 4.53. The molecular formula is C22H21FN4O2S2. The number of nitrogens with zero attached hydrogens (tertiary/aromatic N) is 2. The topological polar surface area (TPSA) is 90.0 Å². The van der Waals surface area contributed by atoms with Crippen LogP contribution in [0.5, 0.6) is 0 Å². The molecule has 31 heavy (non-hydrogen) atoms. The van der Waals surface area contributed by atoms with Crippen molar-refractivity contribution >= 4 is 26.5 Å². The quantitative estimate of drug-likeness (QED) is 0.443. The number of thiazole rings is 1. The van der Waals surface area contributed by atoms with E-state index in [9.17, 15) is 12.8 Å². The molecule has 0 unspecified atom stereocenters. The Balaban J connectivity index is 1.57. The maximum absolute atomic E-state index is 13.0. The first kappa shape index (κ1) is 21.2. The molecule has 6 nitrogen and oxygen atoms in total. The first-order chi connectivity index (χ1) is 14.7. The molecule has 0 aliphatic rings. The summed E-state index contributed by atoms with van der Waals surface area (Å²) in [6.07, 6.45) is 0. The summed E-state index contributed by atoms with van der Waals surface area (Å²) >= 11 is 1.50. The van der Waals surface area contributed by atoms with Crippen LogP contribution in [0.1, 0.15) is 17.0 Å². The molecule has 0 fully saturated rings. The van der Waals surface area contributed by atoms with Crippen LogP contribution in [0, 0.1) is 19.7 Å². The Hall–Kier alpha value is -3.01. The van der Waals surface area contributed by atoms with Gasteiger partial charge in [-0.25, -0.2) is 22.9 Å². The number of nitrogens with one attached hydrogen (secondary N) is 1. The van der Waals surface area contributed by atoms with E-state index in [2.05, 4.69) is 11.4 Å². The van der Waals surface area contributed by atoms with Crippen molar-refractivity contribution in [2.75, 3.05) is 5.32 Å². The summed E-state index contributed by atoms with van der Waals surface area (Å²) in [7, 11) is -3.73. The van der Waals surface area contributed by atoms with Gasteiger partial charge in [-0.3, -0.25) is 0 Å². The van der Waals surface area contributed by atoms with E-state index >= 15 is 0 Å². The van der Waals surface area contributed by atoms with Crippen molar-refractivity contribution in [2.24, 2.45) is 5.14 Å². The molecule has 0 amide bonds. The summed E-state index contributed by atoms with van der Waals surface area (Å²) < 4.78 is 38.1. The molecule has 0 aliphatic heterocycles. The highest BCUT2D eigenvalue weighted by molar-refractivity contribution is 7.89. The molecule has 160 valence electrons. The number of benzene rings is 2. The van der Waals surface area contributed by atoms with Gasteiger partial charge in [0.2, 0.25) is 10.0 Å². The third-order valence-corrected chi connectivity index (χ3v) is 6.72. The van der Waals surface area contributed by atoms with Crippen LogP contribution in [0.4, 0.5) is 9.52 Å². The molecule has 0 saturated heterocycles. The lowest BCUT2D eigenvalue weighted by Crippen LogP contribution is -2.12. The molecule has 0 atom stereocenters. The van der Waals surface area contributed by atoms with Crippen molar-refractivity contribution in [3.63, 3.8) is 0 Å². The number of primary sulfonamides is 1. The van der Waals surface area contributed by atoms with E-state index in [0.29, 0.717) is 6.54 Å². The fourth-order valence-electron chi connectivity index (χ4n) is 3.46. The van der Waals surface area contributed by atoms with Gasteiger partial charge in [0.1, 0.15) is 5.82 Å². The maximum Gasteiger partial charge on any atom is 0.238 e. The molecule has 0 bridgehead atoms. The van der Waals surface area contributed by atoms with Crippen molar-refractivity contribution in [2.45, 2.75) is 25.3 Å². The van der Waals surface area contributed by atoms with Gasteiger partial charge in [0.15, 0.2) is 5.13 Å². The van der Waals surface area contributed by atoms with Gasteiger partial charge in [-0.05, 0) is 61.9 Å². The second-order valence-corrected chi connectivity index (χ2v) is 9.60. The van der Waals surface area contributed by atoms with Gasteiger partial charge in [0, 0.05) is 34.6 Å². The van der Waals surface area contributed by atoms with Gasteiger partial charge in [-0.15, -0.1) is 11.3 Å². The summed E-state index contributed by atoms with van der Waals surface area (Å²) in [6, 6.07) is 14.9. The lowest BCUT2D eigenvalue weighted by molar-refractivity contribution is 0.598. The number of aromatic nitrogens is 2. The number of aryl methyl sites for hydroxylation is 1. The number of sulfonamides is 1. The molecule has 9 heteroatoms. The van der Waals surface area contributed by atoms with E-state index in [4.69, 9.17) is 10.1 Å². The normalized spacial score (nSPS) is 11.6. The Morgan fingerprint density at radius 2 is 1.77 bits per heavy atom. The monoisotopic (exact) mass is 456 g/mol. The van der Waals surface area contributed by atoms with Crippen LogP contribution in [-0.2, 0) is 16.6 Å². The van der Waals surface area contributed by atoms with Gasteiger partial charge < -0.3 is 9.88 Å². The second kappa shape index (κ2) is 8.26. The zero-order valence-electron chi connectivity index (χ0n) is 17.0. The molecule has 0 radical (unpaired) electrons. The van der Waals surface area contributed by atoms with Crippen LogP contribution >= 0.6 is 11.3 Å². The molecular weight excluding hydrogens is 435 g/mol. The average molecular weight is 457 g/mol. The highest BCUT2D eigenvalue weighted by atomic mass is 32.2. The average Bonchev–Trinajstić information content (AvgIpc) is 3.31. The van der Waals surface area contributed by atoms with Crippen LogP contribution in [0.15, 0.2) is 64.9 Å². The van der Waals surface area contributed by atoms with Gasteiger partial charge >= 0.3 is 0 Å². The van der Waals surface area contributed by atoms with Gasteiger partial charge in [-0.2, -0.15) is 0 Å². The molecule has 2 aromatic heterocycles.